The van der Waals surface area contributed by atoms with E-state index in [4.69, 9.17) is 4.74 Å². The second-order valence-electron chi connectivity index (χ2n) is 6.07. The van der Waals surface area contributed by atoms with Crippen molar-refractivity contribution in [3.8, 4) is 6.01 Å². The molecule has 1 aliphatic heterocycles. The zero-order valence-electron chi connectivity index (χ0n) is 14.0. The van der Waals surface area contributed by atoms with E-state index in [0.29, 0.717) is 6.54 Å². The van der Waals surface area contributed by atoms with Crippen LogP contribution in [0.2, 0.25) is 0 Å². The molecule has 9 nitrogen and oxygen atoms in total. The molecule has 2 aromatic rings. The van der Waals surface area contributed by atoms with Crippen LogP contribution >= 0.6 is 0 Å². The lowest BCUT2D eigenvalue weighted by molar-refractivity contribution is -0.130. The zero-order chi connectivity index (χ0) is 18.0. The highest BCUT2D eigenvalue weighted by atomic mass is 32.2. The lowest BCUT2D eigenvalue weighted by Crippen LogP contribution is -2.41. The Balaban J connectivity index is 1.82. The van der Waals surface area contributed by atoms with Crippen LogP contribution in [0.15, 0.2) is 24.5 Å². The molecule has 0 fully saturated rings. The summed E-state index contributed by atoms with van der Waals surface area (Å²) in [5, 5.41) is 4.23. The summed E-state index contributed by atoms with van der Waals surface area (Å²) in [7, 11) is -3.41. The van der Waals surface area contributed by atoms with Crippen LogP contribution in [0.1, 0.15) is 11.4 Å². The van der Waals surface area contributed by atoms with Crippen molar-refractivity contribution >= 4 is 15.7 Å². The third kappa shape index (κ3) is 4.53. The summed E-state index contributed by atoms with van der Waals surface area (Å²) in [4.78, 5) is 22.1. The fourth-order valence-electron chi connectivity index (χ4n) is 2.63. The molecule has 0 saturated heterocycles. The van der Waals surface area contributed by atoms with Crippen LogP contribution in [-0.4, -0.2) is 63.6 Å². The van der Waals surface area contributed by atoms with Gasteiger partial charge in [0.1, 0.15) is 11.9 Å². The third-order valence-electron chi connectivity index (χ3n) is 3.74. The fraction of sp³-hybridized carbons (Fsp3) is 0.467. The number of aromatic nitrogens is 4. The summed E-state index contributed by atoms with van der Waals surface area (Å²) in [5.41, 5.74) is 1.58. The number of nitrogens with zero attached hydrogens (tertiary/aromatic N) is 5. The number of hydrogen-bond acceptors (Lipinski definition) is 7. The van der Waals surface area contributed by atoms with Gasteiger partial charge in [0, 0.05) is 24.3 Å². The summed E-state index contributed by atoms with van der Waals surface area (Å²) in [6.45, 7) is 2.76. The lowest BCUT2D eigenvalue weighted by Gasteiger charge is -2.23. The van der Waals surface area contributed by atoms with E-state index in [1.54, 1.807) is 29.2 Å². The van der Waals surface area contributed by atoms with Crippen molar-refractivity contribution in [2.45, 2.75) is 26.1 Å². The molecule has 1 atom stereocenters. The standard InChI is InChI=1S/C15H19N5O4S/c1-11-3-5-16-15(18-11)24-13-8-19(14(21)10-25(2,22)23)7-12-4-6-17-20(12)9-13/h3-6,13H,7-10H2,1-2H3. The first-order chi connectivity index (χ1) is 11.8. The first-order valence-electron chi connectivity index (χ1n) is 7.72. The van der Waals surface area contributed by atoms with E-state index in [2.05, 4.69) is 15.1 Å². The molecule has 3 rings (SSSR count). The normalized spacial score (nSPS) is 17.7. The van der Waals surface area contributed by atoms with Crippen LogP contribution in [0.3, 0.4) is 0 Å². The number of amides is 1. The van der Waals surface area contributed by atoms with E-state index in [9.17, 15) is 13.2 Å². The van der Waals surface area contributed by atoms with Crippen LogP contribution in [0, 0.1) is 6.92 Å². The molecule has 0 aliphatic carbocycles. The Morgan fingerprint density at radius 2 is 2.12 bits per heavy atom. The van der Waals surface area contributed by atoms with Gasteiger partial charge < -0.3 is 9.64 Å². The number of aryl methyl sites for hydroxylation is 1. The van der Waals surface area contributed by atoms with Crippen LogP contribution in [-0.2, 0) is 27.7 Å². The van der Waals surface area contributed by atoms with Crippen molar-refractivity contribution in [3.05, 3.63) is 35.9 Å². The van der Waals surface area contributed by atoms with Crippen LogP contribution in [0.25, 0.3) is 0 Å². The average molecular weight is 365 g/mol. The minimum Gasteiger partial charge on any atom is -0.456 e. The first-order valence-corrected chi connectivity index (χ1v) is 9.79. The largest absolute Gasteiger partial charge is 0.456 e. The molecule has 0 radical (unpaired) electrons. The maximum atomic E-state index is 12.4. The number of carbonyl (C=O) groups is 1. The van der Waals surface area contributed by atoms with Crippen LogP contribution in [0.5, 0.6) is 6.01 Å². The van der Waals surface area contributed by atoms with Gasteiger partial charge in [0.15, 0.2) is 9.84 Å². The summed E-state index contributed by atoms with van der Waals surface area (Å²) in [5.74, 6) is -0.995. The Kier molecular flexibility index (Phi) is 4.71. The Bertz CT molecular complexity index is 880. The molecule has 3 heterocycles. The van der Waals surface area contributed by atoms with Crippen molar-refractivity contribution < 1.29 is 17.9 Å². The maximum absolute atomic E-state index is 12.4. The van der Waals surface area contributed by atoms with Gasteiger partial charge in [-0.1, -0.05) is 0 Å². The van der Waals surface area contributed by atoms with Crippen LogP contribution in [0.4, 0.5) is 0 Å². The number of sulfone groups is 1. The molecule has 2 aromatic heterocycles. The Hall–Kier alpha value is -2.49. The SMILES string of the molecule is Cc1ccnc(OC2CN(C(=O)CS(C)(=O)=O)Cc3ccnn3C2)n1. The van der Waals surface area contributed by atoms with Gasteiger partial charge in [-0.3, -0.25) is 9.48 Å². The average Bonchev–Trinajstić information content (AvgIpc) is 2.84. The van der Waals surface area contributed by atoms with E-state index >= 15 is 0 Å². The smallest absolute Gasteiger partial charge is 0.316 e. The van der Waals surface area contributed by atoms with Gasteiger partial charge >= 0.3 is 6.01 Å². The van der Waals surface area contributed by atoms with Crippen molar-refractivity contribution in [2.75, 3.05) is 18.6 Å². The minimum atomic E-state index is -3.41. The highest BCUT2D eigenvalue weighted by Crippen LogP contribution is 2.16. The third-order valence-corrected chi connectivity index (χ3v) is 4.51. The molecule has 0 N–H and O–H groups in total. The number of carbonyl (C=O) groups excluding carboxylic acids is 1. The topological polar surface area (TPSA) is 107 Å². The fourth-order valence-corrected chi connectivity index (χ4v) is 3.26. The minimum absolute atomic E-state index is 0.219. The number of ether oxygens (including phenoxy) is 1. The van der Waals surface area contributed by atoms with Crippen molar-refractivity contribution in [1.82, 2.24) is 24.6 Å². The van der Waals surface area contributed by atoms with E-state index in [0.717, 1.165) is 17.6 Å². The maximum Gasteiger partial charge on any atom is 0.316 e. The highest BCUT2D eigenvalue weighted by molar-refractivity contribution is 7.91. The Morgan fingerprint density at radius 3 is 2.84 bits per heavy atom. The predicted molar refractivity (Wildman–Crippen MR) is 88.5 cm³/mol. The molecule has 1 amide bonds. The van der Waals surface area contributed by atoms with Gasteiger partial charge in [0.2, 0.25) is 5.91 Å². The predicted octanol–water partition coefficient (Wildman–Crippen LogP) is -0.184. The van der Waals surface area contributed by atoms with E-state index in [-0.39, 0.29) is 19.1 Å². The molecular formula is C15H19N5O4S. The molecule has 0 bridgehead atoms. The summed E-state index contributed by atoms with van der Waals surface area (Å²) in [6, 6.07) is 3.77. The molecule has 25 heavy (non-hydrogen) atoms. The van der Waals surface area contributed by atoms with E-state index in [1.807, 2.05) is 6.92 Å². The van der Waals surface area contributed by atoms with Crippen molar-refractivity contribution in [1.29, 1.82) is 0 Å². The van der Waals surface area contributed by atoms with E-state index in [1.165, 1.54) is 4.90 Å². The molecule has 1 aliphatic rings. The lowest BCUT2D eigenvalue weighted by atomic mass is 10.3. The number of fused-ring (bicyclic) bond motifs is 1. The van der Waals surface area contributed by atoms with Gasteiger partial charge in [-0.15, -0.1) is 0 Å². The molecule has 0 spiro atoms. The van der Waals surface area contributed by atoms with Crippen molar-refractivity contribution in [2.24, 2.45) is 0 Å². The van der Waals surface area contributed by atoms with Crippen molar-refractivity contribution in [3.63, 3.8) is 0 Å². The first kappa shape index (κ1) is 17.3. The molecule has 10 heteroatoms. The van der Waals surface area contributed by atoms with Gasteiger partial charge in [0.25, 0.3) is 0 Å². The van der Waals surface area contributed by atoms with Gasteiger partial charge in [-0.05, 0) is 19.1 Å². The summed E-state index contributed by atoms with van der Waals surface area (Å²) >= 11 is 0. The number of rotatable bonds is 4. The molecule has 0 saturated carbocycles. The molecular weight excluding hydrogens is 346 g/mol. The van der Waals surface area contributed by atoms with E-state index < -0.39 is 27.6 Å². The van der Waals surface area contributed by atoms with Gasteiger partial charge in [-0.2, -0.15) is 5.10 Å². The Labute approximate surface area is 145 Å². The highest BCUT2D eigenvalue weighted by Gasteiger charge is 2.28. The monoisotopic (exact) mass is 365 g/mol. The molecule has 134 valence electrons. The summed E-state index contributed by atoms with van der Waals surface area (Å²) in [6.07, 6.45) is 3.84. The molecule has 1 unspecified atom stereocenters. The second-order valence-corrected chi connectivity index (χ2v) is 8.21. The number of hydrogen-bond donors (Lipinski definition) is 0. The van der Waals surface area contributed by atoms with Gasteiger partial charge in [-0.25, -0.2) is 18.4 Å². The Morgan fingerprint density at radius 1 is 1.32 bits per heavy atom. The zero-order valence-corrected chi connectivity index (χ0v) is 14.8. The van der Waals surface area contributed by atoms with Gasteiger partial charge in [0.05, 0.1) is 25.3 Å². The quantitative estimate of drug-likeness (QED) is 0.739. The van der Waals surface area contributed by atoms with Crippen LogP contribution < -0.4 is 4.74 Å². The second kappa shape index (κ2) is 6.79. The molecule has 0 aromatic carbocycles. The summed E-state index contributed by atoms with van der Waals surface area (Å²) < 4.78 is 30.5.